The van der Waals surface area contributed by atoms with Crippen LogP contribution in [0, 0.1) is 0 Å². The van der Waals surface area contributed by atoms with Crippen molar-refractivity contribution in [1.82, 2.24) is 5.32 Å². The quantitative estimate of drug-likeness (QED) is 0.602. The zero-order valence-electron chi connectivity index (χ0n) is 10.0. The molecule has 0 amide bonds. The Morgan fingerprint density at radius 3 is 2.64 bits per heavy atom. The molecular formula is C11H25NOS. The van der Waals surface area contributed by atoms with E-state index in [9.17, 15) is 0 Å². The highest BCUT2D eigenvalue weighted by molar-refractivity contribution is 7.99. The minimum absolute atomic E-state index is 0.650. The third kappa shape index (κ3) is 8.85. The average molecular weight is 219 g/mol. The molecule has 0 aromatic rings. The first-order valence-corrected chi connectivity index (χ1v) is 6.59. The van der Waals surface area contributed by atoms with Crippen LogP contribution in [-0.4, -0.2) is 37.3 Å². The fraction of sp³-hybridized carbons (Fsp3) is 1.00. The summed E-state index contributed by atoms with van der Waals surface area (Å²) in [6.45, 7) is 8.74. The van der Waals surface area contributed by atoms with E-state index in [-0.39, 0.29) is 0 Å². The number of hydrogen-bond acceptors (Lipinski definition) is 3. The van der Waals surface area contributed by atoms with E-state index in [1.54, 1.807) is 7.11 Å². The molecule has 2 atom stereocenters. The van der Waals surface area contributed by atoms with Gasteiger partial charge in [-0.3, -0.25) is 0 Å². The SMILES string of the molecule is CCC(C)NCC(C)SCCCOC. The molecule has 0 saturated heterocycles. The van der Waals surface area contributed by atoms with Crippen molar-refractivity contribution >= 4 is 11.8 Å². The summed E-state index contributed by atoms with van der Waals surface area (Å²) in [5.74, 6) is 1.21. The molecule has 0 bridgehead atoms. The van der Waals surface area contributed by atoms with Crippen LogP contribution in [0.25, 0.3) is 0 Å². The van der Waals surface area contributed by atoms with E-state index < -0.39 is 0 Å². The van der Waals surface area contributed by atoms with Gasteiger partial charge in [0, 0.05) is 31.6 Å². The Kier molecular flexibility index (Phi) is 10.0. The monoisotopic (exact) mass is 219 g/mol. The minimum atomic E-state index is 0.650. The van der Waals surface area contributed by atoms with E-state index in [1.165, 1.54) is 12.2 Å². The van der Waals surface area contributed by atoms with Gasteiger partial charge in [-0.2, -0.15) is 11.8 Å². The molecule has 0 aromatic heterocycles. The summed E-state index contributed by atoms with van der Waals surface area (Å²) < 4.78 is 5.01. The third-order valence-corrected chi connectivity index (χ3v) is 3.52. The maximum Gasteiger partial charge on any atom is 0.0470 e. The Morgan fingerprint density at radius 1 is 1.36 bits per heavy atom. The molecule has 0 aliphatic heterocycles. The molecule has 14 heavy (non-hydrogen) atoms. The van der Waals surface area contributed by atoms with Crippen LogP contribution in [0.1, 0.15) is 33.6 Å². The van der Waals surface area contributed by atoms with Gasteiger partial charge in [0.25, 0.3) is 0 Å². The topological polar surface area (TPSA) is 21.3 Å². The van der Waals surface area contributed by atoms with Gasteiger partial charge in [-0.25, -0.2) is 0 Å². The van der Waals surface area contributed by atoms with Gasteiger partial charge in [-0.05, 0) is 25.5 Å². The second-order valence-corrected chi connectivity index (χ2v) is 5.29. The lowest BCUT2D eigenvalue weighted by Crippen LogP contribution is -2.30. The first kappa shape index (κ1) is 14.3. The lowest BCUT2D eigenvalue weighted by molar-refractivity contribution is 0.200. The summed E-state index contributed by atoms with van der Waals surface area (Å²) in [5.41, 5.74) is 0. The van der Waals surface area contributed by atoms with Crippen molar-refractivity contribution in [2.45, 2.75) is 44.9 Å². The lowest BCUT2D eigenvalue weighted by atomic mass is 10.2. The van der Waals surface area contributed by atoms with Crippen molar-refractivity contribution in [2.75, 3.05) is 26.0 Å². The van der Waals surface area contributed by atoms with Crippen molar-refractivity contribution in [3.63, 3.8) is 0 Å². The molecule has 0 aliphatic rings. The maximum atomic E-state index is 5.01. The first-order valence-electron chi connectivity index (χ1n) is 5.54. The summed E-state index contributed by atoms with van der Waals surface area (Å²) in [6, 6.07) is 0.650. The maximum absolute atomic E-state index is 5.01. The van der Waals surface area contributed by atoms with Gasteiger partial charge in [-0.1, -0.05) is 13.8 Å². The molecule has 0 heterocycles. The van der Waals surface area contributed by atoms with Gasteiger partial charge in [0.1, 0.15) is 0 Å². The molecule has 0 fully saturated rings. The first-order chi connectivity index (χ1) is 6.70. The Hall–Kier alpha value is 0.270. The highest BCUT2D eigenvalue weighted by Crippen LogP contribution is 2.10. The fourth-order valence-electron chi connectivity index (χ4n) is 1.06. The van der Waals surface area contributed by atoms with Crippen molar-refractivity contribution in [2.24, 2.45) is 0 Å². The molecule has 0 radical (unpaired) electrons. The fourth-order valence-corrected chi connectivity index (χ4v) is 1.96. The van der Waals surface area contributed by atoms with Crippen molar-refractivity contribution in [3.05, 3.63) is 0 Å². The van der Waals surface area contributed by atoms with E-state index in [2.05, 4.69) is 26.1 Å². The van der Waals surface area contributed by atoms with Crippen LogP contribution < -0.4 is 5.32 Å². The van der Waals surface area contributed by atoms with Gasteiger partial charge in [0.2, 0.25) is 0 Å². The number of thioether (sulfide) groups is 1. The van der Waals surface area contributed by atoms with E-state index in [1.807, 2.05) is 11.8 Å². The molecule has 2 nitrogen and oxygen atoms in total. The molecule has 2 unspecified atom stereocenters. The number of methoxy groups -OCH3 is 1. The van der Waals surface area contributed by atoms with Gasteiger partial charge in [0.05, 0.1) is 0 Å². The molecule has 0 aliphatic carbocycles. The van der Waals surface area contributed by atoms with Crippen LogP contribution in [-0.2, 0) is 4.74 Å². The largest absolute Gasteiger partial charge is 0.385 e. The van der Waals surface area contributed by atoms with Crippen molar-refractivity contribution in [1.29, 1.82) is 0 Å². The normalized spacial score (nSPS) is 15.4. The molecule has 3 heteroatoms. The molecule has 0 rings (SSSR count). The Bertz CT molecular complexity index is 122. The van der Waals surface area contributed by atoms with E-state index in [0.717, 1.165) is 19.6 Å². The summed E-state index contributed by atoms with van der Waals surface area (Å²) in [4.78, 5) is 0. The lowest BCUT2D eigenvalue weighted by Gasteiger charge is -2.16. The number of hydrogen-bond donors (Lipinski definition) is 1. The standard InChI is InChI=1S/C11H25NOS/c1-5-10(2)12-9-11(3)14-8-6-7-13-4/h10-12H,5-9H2,1-4H3. The highest BCUT2D eigenvalue weighted by Gasteiger charge is 2.03. The Labute approximate surface area is 93.2 Å². The van der Waals surface area contributed by atoms with Crippen LogP contribution >= 0.6 is 11.8 Å². The van der Waals surface area contributed by atoms with Crippen LogP contribution in [0.2, 0.25) is 0 Å². The van der Waals surface area contributed by atoms with E-state index >= 15 is 0 Å². The number of ether oxygens (including phenoxy) is 1. The summed E-state index contributed by atoms with van der Waals surface area (Å²) in [7, 11) is 1.76. The number of nitrogens with one attached hydrogen (secondary N) is 1. The zero-order chi connectivity index (χ0) is 10.8. The molecule has 0 spiro atoms. The molecule has 0 aromatic carbocycles. The summed E-state index contributed by atoms with van der Waals surface area (Å²) in [6.07, 6.45) is 2.37. The molecule has 1 N–H and O–H groups in total. The smallest absolute Gasteiger partial charge is 0.0470 e. The highest BCUT2D eigenvalue weighted by atomic mass is 32.2. The number of rotatable bonds is 9. The zero-order valence-corrected chi connectivity index (χ0v) is 10.8. The van der Waals surface area contributed by atoms with E-state index in [0.29, 0.717) is 11.3 Å². The average Bonchev–Trinajstić information content (AvgIpc) is 2.21. The predicted molar refractivity (Wildman–Crippen MR) is 66.2 cm³/mol. The van der Waals surface area contributed by atoms with Crippen molar-refractivity contribution in [3.8, 4) is 0 Å². The summed E-state index contributed by atoms with van der Waals surface area (Å²) >= 11 is 2.03. The predicted octanol–water partition coefficient (Wildman–Crippen LogP) is 2.53. The molecule has 86 valence electrons. The van der Waals surface area contributed by atoms with Crippen LogP contribution in [0.3, 0.4) is 0 Å². The van der Waals surface area contributed by atoms with Gasteiger partial charge in [0.15, 0.2) is 0 Å². The second-order valence-electron chi connectivity index (χ2n) is 3.75. The van der Waals surface area contributed by atoms with Gasteiger partial charge in [-0.15, -0.1) is 0 Å². The van der Waals surface area contributed by atoms with Crippen molar-refractivity contribution < 1.29 is 4.74 Å². The van der Waals surface area contributed by atoms with E-state index in [4.69, 9.17) is 4.74 Å². The van der Waals surface area contributed by atoms with Gasteiger partial charge >= 0.3 is 0 Å². The van der Waals surface area contributed by atoms with Crippen LogP contribution in [0.15, 0.2) is 0 Å². The molecule has 0 saturated carbocycles. The second kappa shape index (κ2) is 9.81. The minimum Gasteiger partial charge on any atom is -0.385 e. The third-order valence-electron chi connectivity index (χ3n) is 2.26. The van der Waals surface area contributed by atoms with Crippen LogP contribution in [0.5, 0.6) is 0 Å². The van der Waals surface area contributed by atoms with Crippen LogP contribution in [0.4, 0.5) is 0 Å². The molecular weight excluding hydrogens is 194 g/mol. The Morgan fingerprint density at radius 2 is 2.07 bits per heavy atom. The summed E-state index contributed by atoms with van der Waals surface area (Å²) in [5, 5.41) is 4.23. The Balaban J connectivity index is 3.23. The van der Waals surface area contributed by atoms with Gasteiger partial charge < -0.3 is 10.1 Å².